The van der Waals surface area contributed by atoms with E-state index >= 15 is 0 Å². The molecule has 0 unspecified atom stereocenters. The molecule has 0 radical (unpaired) electrons. The molecular weight excluding hydrogens is 385 g/mol. The number of aliphatic hydroxyl groups is 4. The molecule has 4 N–H and O–H groups in total. The zero-order chi connectivity index (χ0) is 20.5. The lowest BCUT2D eigenvalue weighted by atomic mass is 9.86. The van der Waals surface area contributed by atoms with Crippen LogP contribution >= 0.6 is 0 Å². The summed E-state index contributed by atoms with van der Waals surface area (Å²) in [5, 5.41) is 42.5. The molecular formula is C18H19F3O7. The van der Waals surface area contributed by atoms with Crippen LogP contribution in [0.2, 0.25) is 0 Å². The maximum Gasteiger partial charge on any atom is 0.408 e. The molecule has 1 aliphatic rings. The van der Waals surface area contributed by atoms with E-state index in [1.807, 2.05) is 0 Å². The summed E-state index contributed by atoms with van der Waals surface area (Å²) in [6.07, 6.45) is -11.8. The Bertz CT molecular complexity index is 813. The van der Waals surface area contributed by atoms with Crippen molar-refractivity contribution in [3.05, 3.63) is 48.0 Å². The lowest BCUT2D eigenvalue weighted by Crippen LogP contribution is -2.64. The second kappa shape index (κ2) is 7.91. The lowest BCUT2D eigenvalue weighted by Gasteiger charge is -2.46. The summed E-state index contributed by atoms with van der Waals surface area (Å²) in [6.45, 7) is -3.07. The molecule has 28 heavy (non-hydrogen) atoms. The SMILES string of the molecule is OC[C@H]1O[C@](O)(c2cccc3ccccc23)[C@H](O)[C@@H](O)[C@H]1OOC(F)(F)CF. The van der Waals surface area contributed by atoms with Crippen molar-refractivity contribution in [3.63, 3.8) is 0 Å². The molecule has 1 saturated heterocycles. The van der Waals surface area contributed by atoms with Crippen molar-refractivity contribution < 1.29 is 48.1 Å². The number of hydrogen-bond donors (Lipinski definition) is 4. The number of alkyl halides is 3. The Labute approximate surface area is 157 Å². The van der Waals surface area contributed by atoms with Gasteiger partial charge < -0.3 is 25.2 Å². The van der Waals surface area contributed by atoms with Gasteiger partial charge in [-0.15, -0.1) is 0 Å². The Morgan fingerprint density at radius 1 is 1.11 bits per heavy atom. The van der Waals surface area contributed by atoms with E-state index in [0.717, 1.165) is 0 Å². The molecule has 1 heterocycles. The van der Waals surface area contributed by atoms with Crippen LogP contribution in [0, 0.1) is 0 Å². The Kier molecular flexibility index (Phi) is 5.92. The number of hydrogen-bond acceptors (Lipinski definition) is 7. The topological polar surface area (TPSA) is 109 Å². The quantitative estimate of drug-likeness (QED) is 0.420. The number of fused-ring (bicyclic) bond motifs is 1. The zero-order valence-electron chi connectivity index (χ0n) is 14.4. The fraction of sp³-hybridized carbons (Fsp3) is 0.444. The Hall–Kier alpha value is -1.79. The molecule has 0 aromatic heterocycles. The second-order valence-electron chi connectivity index (χ2n) is 6.41. The summed E-state index contributed by atoms with van der Waals surface area (Å²) in [4.78, 5) is 8.01. The molecule has 154 valence electrons. The first-order valence-corrected chi connectivity index (χ1v) is 8.37. The largest absolute Gasteiger partial charge is 0.408 e. The second-order valence-corrected chi connectivity index (χ2v) is 6.41. The Balaban J connectivity index is 1.94. The van der Waals surface area contributed by atoms with Crippen LogP contribution in [0.25, 0.3) is 10.8 Å². The van der Waals surface area contributed by atoms with Gasteiger partial charge in [0.2, 0.25) is 5.79 Å². The number of benzene rings is 2. The number of halogens is 3. The van der Waals surface area contributed by atoms with Crippen molar-refractivity contribution in [2.24, 2.45) is 0 Å². The summed E-state index contributed by atoms with van der Waals surface area (Å²) in [6, 6.07) is 11.6. The summed E-state index contributed by atoms with van der Waals surface area (Å²) in [7, 11) is 0. The summed E-state index contributed by atoms with van der Waals surface area (Å²) in [5.41, 5.74) is 0.0871. The van der Waals surface area contributed by atoms with Crippen molar-refractivity contribution in [2.45, 2.75) is 36.3 Å². The van der Waals surface area contributed by atoms with E-state index in [4.69, 9.17) is 4.74 Å². The smallest absolute Gasteiger partial charge is 0.394 e. The molecule has 5 atom stereocenters. The minimum atomic E-state index is -4.30. The highest BCUT2D eigenvalue weighted by Gasteiger charge is 2.56. The highest BCUT2D eigenvalue weighted by atomic mass is 19.3. The first kappa shape index (κ1) is 20.9. The van der Waals surface area contributed by atoms with E-state index in [1.165, 1.54) is 6.07 Å². The van der Waals surface area contributed by atoms with E-state index < -0.39 is 49.6 Å². The molecule has 0 aliphatic carbocycles. The van der Waals surface area contributed by atoms with Gasteiger partial charge in [-0.2, -0.15) is 13.7 Å². The minimum absolute atomic E-state index is 0.0871. The summed E-state index contributed by atoms with van der Waals surface area (Å²) < 4.78 is 43.4. The van der Waals surface area contributed by atoms with Gasteiger partial charge in [-0.1, -0.05) is 42.5 Å². The Morgan fingerprint density at radius 3 is 2.46 bits per heavy atom. The number of rotatable bonds is 6. The van der Waals surface area contributed by atoms with Crippen LogP contribution in [0.3, 0.4) is 0 Å². The van der Waals surface area contributed by atoms with Gasteiger partial charge in [-0.25, -0.2) is 9.28 Å². The van der Waals surface area contributed by atoms with Crippen LogP contribution in [-0.4, -0.2) is 64.2 Å². The monoisotopic (exact) mass is 404 g/mol. The molecule has 3 rings (SSSR count). The first-order valence-electron chi connectivity index (χ1n) is 8.37. The predicted octanol–water partition coefficient (Wildman–Crippen LogP) is 0.977. The zero-order valence-corrected chi connectivity index (χ0v) is 14.4. The van der Waals surface area contributed by atoms with E-state index in [9.17, 15) is 33.6 Å². The van der Waals surface area contributed by atoms with Crippen molar-refractivity contribution in [1.29, 1.82) is 0 Å². The van der Waals surface area contributed by atoms with Crippen molar-refractivity contribution in [2.75, 3.05) is 13.3 Å². The van der Waals surface area contributed by atoms with Crippen LogP contribution in [0.5, 0.6) is 0 Å². The van der Waals surface area contributed by atoms with Crippen molar-refractivity contribution in [3.8, 4) is 0 Å². The molecule has 0 amide bonds. The van der Waals surface area contributed by atoms with Gasteiger partial charge in [0.25, 0.3) is 0 Å². The van der Waals surface area contributed by atoms with E-state index in [2.05, 4.69) is 9.78 Å². The lowest BCUT2D eigenvalue weighted by molar-refractivity contribution is -0.488. The third-order valence-electron chi connectivity index (χ3n) is 4.55. The average Bonchev–Trinajstić information content (AvgIpc) is 2.70. The normalized spacial score (nSPS) is 31.2. The van der Waals surface area contributed by atoms with Gasteiger partial charge in [-0.05, 0) is 10.8 Å². The third kappa shape index (κ3) is 3.72. The summed E-state index contributed by atoms with van der Waals surface area (Å²) >= 11 is 0. The molecule has 0 saturated carbocycles. The van der Waals surface area contributed by atoms with E-state index in [1.54, 1.807) is 36.4 Å². The van der Waals surface area contributed by atoms with Crippen LogP contribution in [0.4, 0.5) is 13.2 Å². The molecule has 1 aliphatic heterocycles. The highest BCUT2D eigenvalue weighted by molar-refractivity contribution is 5.86. The molecule has 0 bridgehead atoms. The molecule has 10 heteroatoms. The number of ether oxygens (including phenoxy) is 1. The maximum absolute atomic E-state index is 12.9. The molecule has 1 fully saturated rings. The summed E-state index contributed by atoms with van der Waals surface area (Å²) in [5.74, 6) is -2.49. The molecule has 2 aromatic rings. The predicted molar refractivity (Wildman–Crippen MR) is 88.7 cm³/mol. The highest BCUT2D eigenvalue weighted by Crippen LogP contribution is 2.40. The van der Waals surface area contributed by atoms with Crippen LogP contribution < -0.4 is 0 Å². The standard InChI is InChI=1S/C18H19F3O7/c19-9-17(20,21)28-27-15-13(8-22)26-18(25,16(24)14(15)23)12-7-3-5-10-4-1-2-6-11(10)12/h1-7,13-16,22-25H,8-9H2/t13-,14+,15+,16-,18-/m1/s1. The molecule has 7 nitrogen and oxygen atoms in total. The van der Waals surface area contributed by atoms with Crippen molar-refractivity contribution >= 4 is 10.8 Å². The first-order chi connectivity index (χ1) is 13.2. The van der Waals surface area contributed by atoms with Gasteiger partial charge in [0, 0.05) is 5.56 Å². The van der Waals surface area contributed by atoms with Crippen LogP contribution in [-0.2, 0) is 20.3 Å². The van der Waals surface area contributed by atoms with Gasteiger partial charge in [0.05, 0.1) is 6.61 Å². The van der Waals surface area contributed by atoms with Gasteiger partial charge in [0.1, 0.15) is 18.3 Å². The van der Waals surface area contributed by atoms with E-state index in [-0.39, 0.29) is 5.56 Å². The fourth-order valence-electron chi connectivity index (χ4n) is 3.17. The van der Waals surface area contributed by atoms with Crippen LogP contribution in [0.1, 0.15) is 5.56 Å². The maximum atomic E-state index is 12.9. The third-order valence-corrected chi connectivity index (χ3v) is 4.55. The Morgan fingerprint density at radius 2 is 1.79 bits per heavy atom. The molecule has 0 spiro atoms. The van der Waals surface area contributed by atoms with Gasteiger partial charge in [0.15, 0.2) is 12.8 Å². The number of aliphatic hydroxyl groups excluding tert-OH is 3. The fourth-order valence-corrected chi connectivity index (χ4v) is 3.17. The minimum Gasteiger partial charge on any atom is -0.394 e. The van der Waals surface area contributed by atoms with Gasteiger partial charge in [-0.3, -0.25) is 0 Å². The van der Waals surface area contributed by atoms with E-state index in [0.29, 0.717) is 10.8 Å². The van der Waals surface area contributed by atoms with Gasteiger partial charge >= 0.3 is 6.11 Å². The average molecular weight is 404 g/mol. The van der Waals surface area contributed by atoms with Crippen molar-refractivity contribution in [1.82, 2.24) is 0 Å². The van der Waals surface area contributed by atoms with Crippen LogP contribution in [0.15, 0.2) is 42.5 Å². The molecule has 2 aromatic carbocycles.